The average Bonchev–Trinajstić information content (AvgIpc) is 2.51. The first-order valence-corrected chi connectivity index (χ1v) is 7.27. The molecule has 4 heteroatoms. The molecule has 2 N–H and O–H groups in total. The van der Waals surface area contributed by atoms with Crippen LogP contribution < -0.4 is 10.6 Å². The maximum Gasteiger partial charge on any atom is 0.126 e. The topological polar surface area (TPSA) is 49.8 Å². The molecule has 0 spiro atoms. The van der Waals surface area contributed by atoms with Gasteiger partial charge in [-0.25, -0.2) is 9.97 Å². The highest BCUT2D eigenvalue weighted by molar-refractivity contribution is 5.39. The summed E-state index contributed by atoms with van der Waals surface area (Å²) in [4.78, 5) is 8.72. The van der Waals surface area contributed by atoms with E-state index in [2.05, 4.69) is 20.6 Å². The molecule has 2 aromatic heterocycles. The minimum Gasteiger partial charge on any atom is -0.365 e. The van der Waals surface area contributed by atoms with E-state index in [1.54, 1.807) is 0 Å². The Morgan fingerprint density at radius 2 is 1.25 bits per heavy atom. The summed E-state index contributed by atoms with van der Waals surface area (Å²) in [6.07, 6.45) is 8.52. The summed E-state index contributed by atoms with van der Waals surface area (Å²) in [6.45, 7) is 0. The molecular weight excluding hydrogens is 248 g/mol. The molecule has 0 radical (unpaired) electrons. The van der Waals surface area contributed by atoms with Crippen molar-refractivity contribution in [2.75, 3.05) is 10.6 Å². The third-order valence-electron chi connectivity index (χ3n) is 3.76. The van der Waals surface area contributed by atoms with Crippen molar-refractivity contribution < 1.29 is 0 Å². The summed E-state index contributed by atoms with van der Waals surface area (Å²) >= 11 is 0. The van der Waals surface area contributed by atoms with Crippen LogP contribution >= 0.6 is 0 Å². The Bertz CT molecular complexity index is 465. The van der Waals surface area contributed by atoms with Crippen molar-refractivity contribution in [2.24, 2.45) is 0 Å². The molecule has 2 unspecified atom stereocenters. The van der Waals surface area contributed by atoms with Gasteiger partial charge in [0.2, 0.25) is 0 Å². The summed E-state index contributed by atoms with van der Waals surface area (Å²) < 4.78 is 0. The largest absolute Gasteiger partial charge is 0.365 e. The van der Waals surface area contributed by atoms with Gasteiger partial charge >= 0.3 is 0 Å². The van der Waals surface area contributed by atoms with Gasteiger partial charge in [0.05, 0.1) is 0 Å². The van der Waals surface area contributed by atoms with Crippen molar-refractivity contribution in [3.63, 3.8) is 0 Å². The lowest BCUT2D eigenvalue weighted by Crippen LogP contribution is -2.42. The first-order chi connectivity index (χ1) is 9.92. The Morgan fingerprint density at radius 3 is 1.65 bits per heavy atom. The molecule has 0 aromatic carbocycles. The standard InChI is InChI=1S/C16H20N4/c1-2-8-14(20-16-10-4-6-12-18-16)13(7-1)19-15-9-3-5-11-17-15/h3-6,9-14H,1-2,7-8H2,(H,17,19)(H,18,20). The zero-order chi connectivity index (χ0) is 13.6. The quantitative estimate of drug-likeness (QED) is 0.893. The maximum atomic E-state index is 4.36. The number of rotatable bonds is 4. The third-order valence-corrected chi connectivity index (χ3v) is 3.76. The Balaban J connectivity index is 1.68. The lowest BCUT2D eigenvalue weighted by Gasteiger charge is -2.33. The van der Waals surface area contributed by atoms with Crippen LogP contribution in [0.15, 0.2) is 48.8 Å². The van der Waals surface area contributed by atoms with Crippen LogP contribution in [0.2, 0.25) is 0 Å². The van der Waals surface area contributed by atoms with Crippen LogP contribution in [0.3, 0.4) is 0 Å². The van der Waals surface area contributed by atoms with Crippen molar-refractivity contribution in [1.29, 1.82) is 0 Å². The van der Waals surface area contributed by atoms with Crippen molar-refractivity contribution in [3.05, 3.63) is 48.8 Å². The van der Waals surface area contributed by atoms with Gasteiger partial charge in [0, 0.05) is 24.5 Å². The number of anilines is 2. The molecular formula is C16H20N4. The van der Waals surface area contributed by atoms with Crippen LogP contribution in [0.4, 0.5) is 11.6 Å². The molecule has 0 aliphatic heterocycles. The van der Waals surface area contributed by atoms with Crippen LogP contribution in [-0.4, -0.2) is 22.1 Å². The molecule has 1 saturated carbocycles. The van der Waals surface area contributed by atoms with Gasteiger partial charge in [-0.1, -0.05) is 25.0 Å². The minimum atomic E-state index is 0.403. The van der Waals surface area contributed by atoms with E-state index >= 15 is 0 Å². The van der Waals surface area contributed by atoms with Gasteiger partial charge in [0.25, 0.3) is 0 Å². The van der Waals surface area contributed by atoms with Gasteiger partial charge in [0.15, 0.2) is 0 Å². The van der Waals surface area contributed by atoms with Crippen molar-refractivity contribution in [3.8, 4) is 0 Å². The molecule has 3 rings (SSSR count). The van der Waals surface area contributed by atoms with Crippen LogP contribution in [0, 0.1) is 0 Å². The zero-order valence-electron chi connectivity index (χ0n) is 11.5. The van der Waals surface area contributed by atoms with Crippen LogP contribution in [0.5, 0.6) is 0 Å². The van der Waals surface area contributed by atoms with Crippen LogP contribution in [0.25, 0.3) is 0 Å². The van der Waals surface area contributed by atoms with Gasteiger partial charge in [-0.05, 0) is 37.1 Å². The number of nitrogens with one attached hydrogen (secondary N) is 2. The van der Waals surface area contributed by atoms with Crippen molar-refractivity contribution in [2.45, 2.75) is 37.8 Å². The van der Waals surface area contributed by atoms with E-state index in [1.165, 1.54) is 25.7 Å². The van der Waals surface area contributed by atoms with E-state index in [0.717, 1.165) is 11.6 Å². The molecule has 1 aliphatic rings. The number of hydrogen-bond acceptors (Lipinski definition) is 4. The maximum absolute atomic E-state index is 4.36. The molecule has 20 heavy (non-hydrogen) atoms. The summed E-state index contributed by atoms with van der Waals surface area (Å²) in [6, 6.07) is 12.8. The smallest absolute Gasteiger partial charge is 0.126 e. The Morgan fingerprint density at radius 1 is 0.750 bits per heavy atom. The second kappa shape index (κ2) is 6.37. The molecule has 2 atom stereocenters. The average molecular weight is 268 g/mol. The summed E-state index contributed by atoms with van der Waals surface area (Å²) in [5.74, 6) is 1.90. The molecule has 0 bridgehead atoms. The second-order valence-electron chi connectivity index (χ2n) is 5.22. The van der Waals surface area contributed by atoms with Crippen molar-refractivity contribution in [1.82, 2.24) is 9.97 Å². The summed E-state index contributed by atoms with van der Waals surface area (Å²) in [5.41, 5.74) is 0. The number of nitrogens with zero attached hydrogens (tertiary/aromatic N) is 2. The number of hydrogen-bond donors (Lipinski definition) is 2. The van der Waals surface area contributed by atoms with E-state index in [9.17, 15) is 0 Å². The Hall–Kier alpha value is -2.10. The number of aromatic nitrogens is 2. The SMILES string of the molecule is c1ccc(NC2CCCCC2Nc2ccccn2)nc1. The van der Waals surface area contributed by atoms with Gasteiger partial charge in [-0.2, -0.15) is 0 Å². The molecule has 1 fully saturated rings. The van der Waals surface area contributed by atoms with E-state index in [-0.39, 0.29) is 0 Å². The fraction of sp³-hybridized carbons (Fsp3) is 0.375. The zero-order valence-corrected chi connectivity index (χ0v) is 11.5. The van der Waals surface area contributed by atoms with Crippen LogP contribution in [0.1, 0.15) is 25.7 Å². The Labute approximate surface area is 119 Å². The molecule has 0 saturated heterocycles. The fourth-order valence-electron chi connectivity index (χ4n) is 2.75. The lowest BCUT2D eigenvalue weighted by molar-refractivity contribution is 0.422. The van der Waals surface area contributed by atoms with Crippen molar-refractivity contribution >= 4 is 11.6 Å². The van der Waals surface area contributed by atoms with Gasteiger partial charge in [0.1, 0.15) is 11.6 Å². The van der Waals surface area contributed by atoms with Crippen LogP contribution in [-0.2, 0) is 0 Å². The van der Waals surface area contributed by atoms with E-state index < -0.39 is 0 Å². The van der Waals surface area contributed by atoms with Gasteiger partial charge in [-0.3, -0.25) is 0 Å². The lowest BCUT2D eigenvalue weighted by atomic mass is 9.90. The molecule has 104 valence electrons. The normalized spacial score (nSPS) is 22.2. The van der Waals surface area contributed by atoms with E-state index in [4.69, 9.17) is 0 Å². The molecule has 4 nitrogen and oxygen atoms in total. The predicted molar refractivity (Wildman–Crippen MR) is 81.8 cm³/mol. The Kier molecular flexibility index (Phi) is 4.11. The third kappa shape index (κ3) is 3.26. The second-order valence-corrected chi connectivity index (χ2v) is 5.22. The highest BCUT2D eigenvalue weighted by Gasteiger charge is 2.25. The molecule has 2 aromatic rings. The molecule has 1 aliphatic carbocycles. The highest BCUT2D eigenvalue weighted by Crippen LogP contribution is 2.24. The summed E-state index contributed by atoms with van der Waals surface area (Å²) in [7, 11) is 0. The minimum absolute atomic E-state index is 0.403. The number of pyridine rings is 2. The van der Waals surface area contributed by atoms with Gasteiger partial charge in [-0.15, -0.1) is 0 Å². The molecule has 2 heterocycles. The predicted octanol–water partition coefficient (Wildman–Crippen LogP) is 3.31. The highest BCUT2D eigenvalue weighted by atomic mass is 15.1. The monoisotopic (exact) mass is 268 g/mol. The molecule has 0 amide bonds. The van der Waals surface area contributed by atoms with E-state index in [1.807, 2.05) is 48.8 Å². The van der Waals surface area contributed by atoms with E-state index in [0.29, 0.717) is 12.1 Å². The summed E-state index contributed by atoms with van der Waals surface area (Å²) in [5, 5.41) is 7.10. The first kappa shape index (κ1) is 12.9. The fourth-order valence-corrected chi connectivity index (χ4v) is 2.75. The van der Waals surface area contributed by atoms with Gasteiger partial charge < -0.3 is 10.6 Å². The first-order valence-electron chi connectivity index (χ1n) is 7.27.